The summed E-state index contributed by atoms with van der Waals surface area (Å²) in [5.41, 5.74) is 10.4. The number of nitrogens with one attached hydrogen (secondary N) is 1. The Bertz CT molecular complexity index is 683. The first-order chi connectivity index (χ1) is 8.24. The molecule has 0 fully saturated rings. The molecule has 0 bridgehead atoms. The van der Waals surface area contributed by atoms with E-state index in [1.54, 1.807) is 0 Å². The van der Waals surface area contributed by atoms with Crippen LogP contribution < -0.4 is 5.73 Å². The lowest BCUT2D eigenvalue weighted by Gasteiger charge is -2.03. The minimum Gasteiger partial charge on any atom is -0.382 e. The Morgan fingerprint density at radius 1 is 1.06 bits per heavy atom. The molecule has 84 valence electrons. The van der Waals surface area contributed by atoms with E-state index in [0.717, 1.165) is 16.5 Å². The maximum Gasteiger partial charge on any atom is 0.153 e. The molecule has 3 nitrogen and oxygen atoms in total. The van der Waals surface area contributed by atoms with Gasteiger partial charge in [0.25, 0.3) is 0 Å². The number of hydrogen-bond acceptors (Lipinski definition) is 2. The summed E-state index contributed by atoms with van der Waals surface area (Å²) < 4.78 is 0. The molecule has 3 heteroatoms. The van der Waals surface area contributed by atoms with E-state index < -0.39 is 0 Å². The van der Waals surface area contributed by atoms with Gasteiger partial charge in [-0.15, -0.1) is 0 Å². The van der Waals surface area contributed by atoms with Gasteiger partial charge < -0.3 is 5.73 Å². The van der Waals surface area contributed by atoms with Crippen molar-refractivity contribution in [3.8, 4) is 11.1 Å². The topological polar surface area (TPSA) is 54.7 Å². The minimum absolute atomic E-state index is 0.550. The zero-order valence-corrected chi connectivity index (χ0v) is 9.57. The molecule has 3 rings (SSSR count). The average molecular weight is 223 g/mol. The number of aromatic nitrogens is 2. The van der Waals surface area contributed by atoms with E-state index in [0.29, 0.717) is 5.82 Å². The number of hydrogen-bond donors (Lipinski definition) is 2. The first-order valence-corrected chi connectivity index (χ1v) is 5.55. The van der Waals surface area contributed by atoms with Crippen LogP contribution >= 0.6 is 0 Å². The lowest BCUT2D eigenvalue weighted by atomic mass is 10.0. The van der Waals surface area contributed by atoms with Crippen LogP contribution in [-0.4, -0.2) is 10.2 Å². The van der Waals surface area contributed by atoms with Crippen LogP contribution in [0.3, 0.4) is 0 Å². The lowest BCUT2D eigenvalue weighted by Crippen LogP contribution is -1.84. The Kier molecular flexibility index (Phi) is 2.11. The second kappa shape index (κ2) is 3.63. The maximum atomic E-state index is 5.81. The second-order valence-electron chi connectivity index (χ2n) is 4.24. The number of nitrogen functional groups attached to an aromatic ring is 1. The van der Waals surface area contributed by atoms with Gasteiger partial charge in [-0.3, -0.25) is 5.10 Å². The highest BCUT2D eigenvalue weighted by Gasteiger charge is 2.04. The Labute approximate surface area is 99.3 Å². The minimum atomic E-state index is 0.550. The van der Waals surface area contributed by atoms with Gasteiger partial charge in [0.2, 0.25) is 0 Å². The molecule has 2 aromatic carbocycles. The third-order valence-electron chi connectivity index (χ3n) is 2.94. The lowest BCUT2D eigenvalue weighted by molar-refractivity contribution is 1.13. The zero-order valence-electron chi connectivity index (χ0n) is 9.57. The molecular formula is C14H13N3. The summed E-state index contributed by atoms with van der Waals surface area (Å²) in [4.78, 5) is 0. The van der Waals surface area contributed by atoms with E-state index in [2.05, 4.69) is 53.5 Å². The normalized spacial score (nSPS) is 10.9. The molecule has 3 aromatic rings. The number of H-pyrrole nitrogens is 1. The molecule has 0 radical (unpaired) electrons. The quantitative estimate of drug-likeness (QED) is 0.666. The predicted molar refractivity (Wildman–Crippen MR) is 70.7 cm³/mol. The Hall–Kier alpha value is -2.29. The summed E-state index contributed by atoms with van der Waals surface area (Å²) in [6.07, 6.45) is 0. The highest BCUT2D eigenvalue weighted by atomic mass is 15.1. The molecular weight excluding hydrogens is 210 g/mol. The fourth-order valence-corrected chi connectivity index (χ4v) is 2.04. The van der Waals surface area contributed by atoms with Crippen molar-refractivity contribution in [1.82, 2.24) is 10.2 Å². The molecule has 0 aliphatic heterocycles. The standard InChI is InChI=1S/C14H13N3/c1-9-3-2-4-10(7-9)11-5-6-13-12(8-11)14(15)17-16-13/h2-8H,1H3,(H3,15,16,17). The molecule has 0 spiro atoms. The third-order valence-corrected chi connectivity index (χ3v) is 2.94. The van der Waals surface area contributed by atoms with Crippen LogP contribution in [0.5, 0.6) is 0 Å². The van der Waals surface area contributed by atoms with Gasteiger partial charge >= 0.3 is 0 Å². The van der Waals surface area contributed by atoms with Crippen LogP contribution in [0.1, 0.15) is 5.56 Å². The Morgan fingerprint density at radius 3 is 2.71 bits per heavy atom. The Balaban J connectivity index is 2.20. The molecule has 0 atom stereocenters. The molecule has 0 amide bonds. The molecule has 0 unspecified atom stereocenters. The molecule has 0 saturated carbocycles. The van der Waals surface area contributed by atoms with E-state index >= 15 is 0 Å². The molecule has 3 N–H and O–H groups in total. The van der Waals surface area contributed by atoms with Crippen molar-refractivity contribution < 1.29 is 0 Å². The van der Waals surface area contributed by atoms with Gasteiger partial charge in [-0.25, -0.2) is 0 Å². The molecule has 0 saturated heterocycles. The number of fused-ring (bicyclic) bond motifs is 1. The van der Waals surface area contributed by atoms with Crippen LogP contribution in [0.4, 0.5) is 5.82 Å². The summed E-state index contributed by atoms with van der Waals surface area (Å²) in [6.45, 7) is 2.09. The van der Waals surface area contributed by atoms with Gasteiger partial charge in [0, 0.05) is 5.39 Å². The van der Waals surface area contributed by atoms with Crippen LogP contribution in [0, 0.1) is 6.92 Å². The first-order valence-electron chi connectivity index (χ1n) is 5.55. The smallest absolute Gasteiger partial charge is 0.153 e. The largest absolute Gasteiger partial charge is 0.382 e. The highest BCUT2D eigenvalue weighted by molar-refractivity contribution is 5.92. The van der Waals surface area contributed by atoms with Crippen LogP contribution in [0.2, 0.25) is 0 Å². The van der Waals surface area contributed by atoms with Gasteiger partial charge in [-0.2, -0.15) is 5.10 Å². The summed E-state index contributed by atoms with van der Waals surface area (Å²) in [5.74, 6) is 0.550. The summed E-state index contributed by atoms with van der Waals surface area (Å²) >= 11 is 0. The van der Waals surface area contributed by atoms with Gasteiger partial charge in [0.1, 0.15) is 0 Å². The second-order valence-corrected chi connectivity index (χ2v) is 4.24. The van der Waals surface area contributed by atoms with Crippen molar-refractivity contribution in [2.45, 2.75) is 6.92 Å². The van der Waals surface area contributed by atoms with E-state index in [1.807, 2.05) is 6.07 Å². The number of nitrogens with two attached hydrogens (primary N) is 1. The van der Waals surface area contributed by atoms with Gasteiger partial charge in [-0.05, 0) is 30.2 Å². The number of nitrogens with zero attached hydrogens (tertiary/aromatic N) is 1. The maximum absolute atomic E-state index is 5.81. The predicted octanol–water partition coefficient (Wildman–Crippen LogP) is 3.12. The Morgan fingerprint density at radius 2 is 1.88 bits per heavy atom. The van der Waals surface area contributed by atoms with Crippen LogP contribution in [0.25, 0.3) is 22.0 Å². The number of aryl methyl sites for hydroxylation is 1. The van der Waals surface area contributed by atoms with Gasteiger partial charge in [-0.1, -0.05) is 35.9 Å². The highest BCUT2D eigenvalue weighted by Crippen LogP contribution is 2.26. The summed E-state index contributed by atoms with van der Waals surface area (Å²) in [7, 11) is 0. The number of aromatic amines is 1. The molecule has 1 aromatic heterocycles. The van der Waals surface area contributed by atoms with Crippen molar-refractivity contribution in [2.75, 3.05) is 5.73 Å². The number of rotatable bonds is 1. The fourth-order valence-electron chi connectivity index (χ4n) is 2.04. The fraction of sp³-hybridized carbons (Fsp3) is 0.0714. The molecule has 0 aliphatic rings. The van der Waals surface area contributed by atoms with Gasteiger partial charge in [0.15, 0.2) is 5.82 Å². The van der Waals surface area contributed by atoms with Crippen LogP contribution in [0.15, 0.2) is 42.5 Å². The van der Waals surface area contributed by atoms with E-state index in [1.165, 1.54) is 11.1 Å². The summed E-state index contributed by atoms with van der Waals surface area (Å²) in [5, 5.41) is 7.88. The van der Waals surface area contributed by atoms with Crippen molar-refractivity contribution in [3.63, 3.8) is 0 Å². The zero-order chi connectivity index (χ0) is 11.8. The monoisotopic (exact) mass is 223 g/mol. The van der Waals surface area contributed by atoms with E-state index in [-0.39, 0.29) is 0 Å². The molecule has 1 heterocycles. The van der Waals surface area contributed by atoms with E-state index in [4.69, 9.17) is 5.73 Å². The van der Waals surface area contributed by atoms with Crippen LogP contribution in [-0.2, 0) is 0 Å². The van der Waals surface area contributed by atoms with Crippen molar-refractivity contribution in [3.05, 3.63) is 48.0 Å². The summed E-state index contributed by atoms with van der Waals surface area (Å²) in [6, 6.07) is 14.6. The SMILES string of the molecule is Cc1cccc(-c2ccc3[nH]nc(N)c3c2)c1. The van der Waals surface area contributed by atoms with Gasteiger partial charge in [0.05, 0.1) is 5.52 Å². The first kappa shape index (κ1) is 9.90. The van der Waals surface area contributed by atoms with E-state index in [9.17, 15) is 0 Å². The molecule has 17 heavy (non-hydrogen) atoms. The average Bonchev–Trinajstić information content (AvgIpc) is 2.71. The molecule has 0 aliphatic carbocycles. The van der Waals surface area contributed by atoms with Crippen molar-refractivity contribution >= 4 is 16.7 Å². The number of benzene rings is 2. The van der Waals surface area contributed by atoms with Crippen molar-refractivity contribution in [1.29, 1.82) is 0 Å². The number of anilines is 1. The third kappa shape index (κ3) is 1.65. The van der Waals surface area contributed by atoms with Crippen molar-refractivity contribution in [2.24, 2.45) is 0 Å².